The number of ether oxygens (including phenoxy) is 1. The highest BCUT2D eigenvalue weighted by Gasteiger charge is 2.27. The third-order valence-electron chi connectivity index (χ3n) is 5.61. The smallest absolute Gasteiger partial charge is 0.252 e. The second kappa shape index (κ2) is 8.31. The number of hydrogen-bond acceptors (Lipinski definition) is 4. The molecule has 0 atom stereocenters. The Bertz CT molecular complexity index is 776. The predicted octanol–water partition coefficient (Wildman–Crippen LogP) is 2.24. The largest absolute Gasteiger partial charge is 0.385 e. The Morgan fingerprint density at radius 3 is 2.67 bits per heavy atom. The Balaban J connectivity index is 1.41. The van der Waals surface area contributed by atoms with E-state index in [0.29, 0.717) is 18.7 Å². The van der Waals surface area contributed by atoms with Crippen molar-refractivity contribution in [2.24, 2.45) is 5.92 Å². The van der Waals surface area contributed by atoms with Crippen LogP contribution in [0.3, 0.4) is 0 Å². The molecule has 0 bridgehead atoms. The molecule has 2 aromatic rings. The number of pyridine rings is 1. The van der Waals surface area contributed by atoms with Gasteiger partial charge >= 0.3 is 0 Å². The van der Waals surface area contributed by atoms with E-state index in [1.165, 1.54) is 25.2 Å². The van der Waals surface area contributed by atoms with Crippen LogP contribution >= 0.6 is 0 Å². The van der Waals surface area contributed by atoms with Crippen LogP contribution in [0, 0.1) is 5.92 Å². The molecular weight excluding hydrogens is 340 g/mol. The summed E-state index contributed by atoms with van der Waals surface area (Å²) in [4.78, 5) is 17.5. The minimum Gasteiger partial charge on any atom is -0.385 e. The molecule has 0 radical (unpaired) electrons. The van der Waals surface area contributed by atoms with Crippen LogP contribution in [0.15, 0.2) is 30.5 Å². The number of nitrogens with zero attached hydrogens (tertiary/aromatic N) is 3. The van der Waals surface area contributed by atoms with Gasteiger partial charge in [-0.05, 0) is 49.4 Å². The Hall–Kier alpha value is -2.05. The fourth-order valence-electron chi connectivity index (χ4n) is 3.82. The molecule has 3 heterocycles. The van der Waals surface area contributed by atoms with Crippen molar-refractivity contribution in [3.8, 4) is 0 Å². The first-order chi connectivity index (χ1) is 13.2. The molecule has 0 unspecified atom stereocenters. The Kier molecular flexibility index (Phi) is 5.64. The molecular formula is C21H30N4O2. The van der Waals surface area contributed by atoms with Crippen molar-refractivity contribution in [1.29, 1.82) is 0 Å². The number of hydrogen-bond donors (Lipinski definition) is 1. The van der Waals surface area contributed by atoms with E-state index in [-0.39, 0.29) is 5.91 Å². The van der Waals surface area contributed by atoms with Crippen LogP contribution in [0.5, 0.6) is 0 Å². The van der Waals surface area contributed by atoms with Crippen molar-refractivity contribution >= 4 is 17.2 Å². The van der Waals surface area contributed by atoms with E-state index in [1.807, 2.05) is 18.3 Å². The van der Waals surface area contributed by atoms with Crippen molar-refractivity contribution in [3.63, 3.8) is 0 Å². The van der Waals surface area contributed by atoms with Crippen LogP contribution in [0.25, 0.3) is 5.52 Å². The summed E-state index contributed by atoms with van der Waals surface area (Å²) in [6, 6.07) is 8.23. The van der Waals surface area contributed by atoms with Crippen LogP contribution in [0.2, 0.25) is 0 Å². The second-order valence-electron chi connectivity index (χ2n) is 7.74. The highest BCUT2D eigenvalue weighted by atomic mass is 16.5. The lowest BCUT2D eigenvalue weighted by molar-refractivity contribution is 0.0948. The van der Waals surface area contributed by atoms with Gasteiger partial charge in [-0.25, -0.2) is 0 Å². The number of fused-ring (bicyclic) bond motifs is 1. The number of nitrogens with one attached hydrogen (secondary N) is 1. The molecule has 1 aliphatic carbocycles. The molecule has 27 heavy (non-hydrogen) atoms. The van der Waals surface area contributed by atoms with Crippen LogP contribution in [0.4, 0.5) is 5.82 Å². The third-order valence-corrected chi connectivity index (χ3v) is 5.61. The van der Waals surface area contributed by atoms with E-state index in [2.05, 4.69) is 31.7 Å². The first-order valence-electron chi connectivity index (χ1n) is 10.1. The van der Waals surface area contributed by atoms with Crippen LogP contribution in [0.1, 0.15) is 29.6 Å². The number of aromatic nitrogens is 1. The Morgan fingerprint density at radius 2 is 1.93 bits per heavy atom. The third kappa shape index (κ3) is 4.45. The van der Waals surface area contributed by atoms with E-state index in [0.717, 1.165) is 44.0 Å². The van der Waals surface area contributed by atoms with Gasteiger partial charge in [0, 0.05) is 64.7 Å². The maximum Gasteiger partial charge on any atom is 0.252 e. The lowest BCUT2D eigenvalue weighted by atomic mass is 10.2. The lowest BCUT2D eigenvalue weighted by Gasteiger charge is -2.35. The number of anilines is 1. The number of rotatable bonds is 8. The van der Waals surface area contributed by atoms with Gasteiger partial charge < -0.3 is 19.4 Å². The Morgan fingerprint density at radius 1 is 1.15 bits per heavy atom. The first kappa shape index (κ1) is 18.3. The van der Waals surface area contributed by atoms with Crippen molar-refractivity contribution in [3.05, 3.63) is 36.0 Å². The molecule has 146 valence electrons. The van der Waals surface area contributed by atoms with Gasteiger partial charge in [0.2, 0.25) is 0 Å². The van der Waals surface area contributed by atoms with Gasteiger partial charge in [-0.15, -0.1) is 0 Å². The van der Waals surface area contributed by atoms with E-state index >= 15 is 0 Å². The van der Waals surface area contributed by atoms with Crippen LogP contribution in [-0.2, 0) is 4.74 Å². The topological polar surface area (TPSA) is 49.2 Å². The van der Waals surface area contributed by atoms with Crippen molar-refractivity contribution in [2.45, 2.75) is 19.3 Å². The number of methoxy groups -OCH3 is 1. The van der Waals surface area contributed by atoms with Gasteiger partial charge in [-0.3, -0.25) is 9.69 Å². The zero-order chi connectivity index (χ0) is 18.6. The molecule has 1 saturated carbocycles. The average molecular weight is 370 g/mol. The summed E-state index contributed by atoms with van der Waals surface area (Å²) in [7, 11) is 1.68. The zero-order valence-electron chi connectivity index (χ0n) is 16.2. The molecule has 4 rings (SSSR count). The summed E-state index contributed by atoms with van der Waals surface area (Å²) in [6.45, 7) is 6.92. The van der Waals surface area contributed by atoms with Gasteiger partial charge in [0.25, 0.3) is 5.91 Å². The zero-order valence-corrected chi connectivity index (χ0v) is 16.2. The predicted molar refractivity (Wildman–Crippen MR) is 108 cm³/mol. The maximum absolute atomic E-state index is 12.4. The molecule has 2 fully saturated rings. The number of piperazine rings is 1. The molecule has 1 amide bonds. The van der Waals surface area contributed by atoms with Gasteiger partial charge in [-0.1, -0.05) is 0 Å². The summed E-state index contributed by atoms with van der Waals surface area (Å²) < 4.78 is 7.18. The highest BCUT2D eigenvalue weighted by Crippen LogP contribution is 2.30. The number of amides is 1. The van der Waals surface area contributed by atoms with E-state index in [9.17, 15) is 4.79 Å². The molecule has 1 saturated heterocycles. The summed E-state index contributed by atoms with van der Waals surface area (Å²) in [5.41, 5.74) is 1.83. The lowest BCUT2D eigenvalue weighted by Crippen LogP contribution is -2.47. The fraction of sp³-hybridized carbons (Fsp3) is 0.571. The molecule has 6 nitrogen and oxygen atoms in total. The highest BCUT2D eigenvalue weighted by molar-refractivity contribution is 5.94. The molecule has 6 heteroatoms. The first-order valence-corrected chi connectivity index (χ1v) is 10.1. The SMILES string of the molecule is COCCCNC(=O)c1ccc2ccc(N3CCN(CC4CC4)CC3)n2c1. The number of carbonyl (C=O) groups excluding carboxylic acids is 1. The van der Waals surface area contributed by atoms with Crippen molar-refractivity contribution < 1.29 is 9.53 Å². The van der Waals surface area contributed by atoms with E-state index < -0.39 is 0 Å². The van der Waals surface area contributed by atoms with Gasteiger partial charge in [0.1, 0.15) is 5.82 Å². The molecule has 2 aromatic heterocycles. The van der Waals surface area contributed by atoms with Gasteiger partial charge in [0.05, 0.1) is 5.56 Å². The Labute approximate surface area is 161 Å². The molecule has 0 aromatic carbocycles. The maximum atomic E-state index is 12.4. The standard InChI is InChI=1S/C21H30N4O2/c1-27-14-2-9-22-21(26)18-5-6-19-7-8-20(25(19)16-18)24-12-10-23(11-13-24)15-17-3-4-17/h5-8,16-17H,2-4,9-15H2,1H3,(H,22,26). The molecule has 0 spiro atoms. The van der Waals surface area contributed by atoms with Gasteiger partial charge in [-0.2, -0.15) is 0 Å². The minimum absolute atomic E-state index is 0.0260. The monoisotopic (exact) mass is 370 g/mol. The van der Waals surface area contributed by atoms with E-state index in [4.69, 9.17) is 4.74 Å². The summed E-state index contributed by atoms with van der Waals surface area (Å²) in [5.74, 6) is 2.11. The van der Waals surface area contributed by atoms with Crippen molar-refractivity contribution in [1.82, 2.24) is 14.6 Å². The minimum atomic E-state index is -0.0260. The molecule has 1 N–H and O–H groups in total. The summed E-state index contributed by atoms with van der Waals surface area (Å²) in [5, 5.41) is 2.97. The fourth-order valence-corrected chi connectivity index (χ4v) is 3.82. The van der Waals surface area contributed by atoms with Crippen molar-refractivity contribution in [2.75, 3.05) is 57.9 Å². The van der Waals surface area contributed by atoms with Crippen LogP contribution < -0.4 is 10.2 Å². The normalized spacial score (nSPS) is 18.2. The number of carbonyl (C=O) groups is 1. The van der Waals surface area contributed by atoms with E-state index in [1.54, 1.807) is 7.11 Å². The second-order valence-corrected chi connectivity index (χ2v) is 7.74. The summed E-state index contributed by atoms with van der Waals surface area (Å²) >= 11 is 0. The average Bonchev–Trinajstić information content (AvgIpc) is 3.41. The van der Waals surface area contributed by atoms with Gasteiger partial charge in [0.15, 0.2) is 0 Å². The van der Waals surface area contributed by atoms with Crippen LogP contribution in [-0.4, -0.2) is 68.2 Å². The molecule has 2 aliphatic rings. The quantitative estimate of drug-likeness (QED) is 0.724. The molecule has 1 aliphatic heterocycles. The summed E-state index contributed by atoms with van der Waals surface area (Å²) in [6.07, 6.45) is 5.62.